The van der Waals surface area contributed by atoms with Crippen LogP contribution in [0.2, 0.25) is 0 Å². The Morgan fingerprint density at radius 2 is 1.70 bits per heavy atom. The summed E-state index contributed by atoms with van der Waals surface area (Å²) in [5.74, 6) is -1.52. The minimum atomic E-state index is -5.06. The molecule has 2 atom stereocenters. The fraction of sp³-hybridized carbons (Fsp3) is 1.00. The molecule has 1 rings (SSSR count). The van der Waals surface area contributed by atoms with Crippen molar-refractivity contribution in [3.8, 4) is 0 Å². The van der Waals surface area contributed by atoms with Gasteiger partial charge in [-0.3, -0.25) is 0 Å². The minimum Gasteiger partial charge on any atom is -0.312 e. The highest BCUT2D eigenvalue weighted by Crippen LogP contribution is 2.57. The molecular weight excluding hydrogens is 315 g/mol. The summed E-state index contributed by atoms with van der Waals surface area (Å²) in [4.78, 5) is 18.1. The Hall–Kier alpha value is -0.310. The molecule has 0 aromatic rings. The number of hydrogen-bond donors (Lipinski definition) is 2. The van der Waals surface area contributed by atoms with Crippen molar-refractivity contribution in [2.75, 3.05) is 6.54 Å². The molecule has 11 heteroatoms. The summed E-state index contributed by atoms with van der Waals surface area (Å²) in [6.07, 6.45) is -13.1. The molecule has 0 aliphatic carbocycles. The summed E-state index contributed by atoms with van der Waals surface area (Å²) in [5, 5.41) is 0. The third-order valence-electron chi connectivity index (χ3n) is 3.51. The largest absolute Gasteiger partial charge is 0.403 e. The van der Waals surface area contributed by atoms with Gasteiger partial charge in [0.15, 0.2) is 0 Å². The van der Waals surface area contributed by atoms with E-state index in [9.17, 15) is 30.9 Å². The van der Waals surface area contributed by atoms with E-state index >= 15 is 0 Å². The maximum Gasteiger partial charge on any atom is 0.403 e. The van der Waals surface area contributed by atoms with Gasteiger partial charge in [0.1, 0.15) is 0 Å². The lowest BCUT2D eigenvalue weighted by Crippen LogP contribution is -2.47. The van der Waals surface area contributed by atoms with E-state index in [0.717, 1.165) is 6.92 Å². The zero-order valence-electron chi connectivity index (χ0n) is 10.4. The average molecular weight is 329 g/mol. The van der Waals surface area contributed by atoms with Crippen LogP contribution in [-0.4, -0.2) is 38.9 Å². The first-order valence-electron chi connectivity index (χ1n) is 5.62. The molecule has 1 aliphatic heterocycles. The normalized spacial score (nSPS) is 29.9. The van der Waals surface area contributed by atoms with Gasteiger partial charge in [-0.25, -0.2) is 9.24 Å². The first-order valence-corrected chi connectivity index (χ1v) is 7.19. The van der Waals surface area contributed by atoms with Gasteiger partial charge in [0, 0.05) is 18.5 Å². The van der Waals surface area contributed by atoms with Gasteiger partial charge in [-0.15, -0.1) is 0 Å². The number of alkyl halides is 6. The summed E-state index contributed by atoms with van der Waals surface area (Å²) in [7, 11) is -5.06. The maximum atomic E-state index is 12.6. The fourth-order valence-corrected chi connectivity index (χ4v) is 3.93. The van der Waals surface area contributed by atoms with E-state index in [4.69, 9.17) is 9.79 Å². The monoisotopic (exact) mass is 329 g/mol. The molecule has 1 fully saturated rings. The van der Waals surface area contributed by atoms with E-state index in [-0.39, 0.29) is 11.1 Å². The Balaban J connectivity index is 3.11. The second-order valence-corrected chi connectivity index (χ2v) is 6.60. The minimum absolute atomic E-state index is 0.240. The van der Waals surface area contributed by atoms with E-state index in [0.29, 0.717) is 0 Å². The molecule has 2 unspecified atom stereocenters. The highest BCUT2D eigenvalue weighted by Gasteiger charge is 2.57. The highest BCUT2D eigenvalue weighted by molar-refractivity contribution is 7.49. The molecule has 2 N–H and O–H groups in total. The van der Waals surface area contributed by atoms with Crippen molar-refractivity contribution in [2.24, 2.45) is 5.92 Å². The Morgan fingerprint density at radius 3 is 2.05 bits per heavy atom. The van der Waals surface area contributed by atoms with Crippen LogP contribution in [0, 0.1) is 5.92 Å². The topological polar surface area (TPSA) is 60.8 Å². The van der Waals surface area contributed by atoms with Gasteiger partial charge in [-0.05, 0) is 19.3 Å². The summed E-state index contributed by atoms with van der Waals surface area (Å²) < 4.78 is 86.4. The van der Waals surface area contributed by atoms with Crippen LogP contribution >= 0.6 is 7.75 Å². The van der Waals surface area contributed by atoms with Crippen molar-refractivity contribution in [3.05, 3.63) is 0 Å². The Morgan fingerprint density at radius 1 is 1.20 bits per heavy atom. The molecule has 0 saturated carbocycles. The Kier molecular flexibility index (Phi) is 4.57. The molecule has 0 bridgehead atoms. The number of rotatable bonds is 3. The standard InChI is InChI=1S/C9H14F6NO3P/c1-7(5-9(13,14)15)6(4-8(10,11)12)2-3-16(7)20(17,18)19/h6H,2-5H2,1H3,(H2,17,18,19). The summed E-state index contributed by atoms with van der Waals surface area (Å²) in [5.41, 5.74) is -2.27. The zero-order valence-corrected chi connectivity index (χ0v) is 11.3. The molecule has 20 heavy (non-hydrogen) atoms. The lowest BCUT2D eigenvalue weighted by atomic mass is 9.82. The van der Waals surface area contributed by atoms with Crippen LogP contribution in [-0.2, 0) is 4.57 Å². The van der Waals surface area contributed by atoms with Crippen molar-refractivity contribution < 1.29 is 40.7 Å². The van der Waals surface area contributed by atoms with Crippen LogP contribution in [0.1, 0.15) is 26.2 Å². The van der Waals surface area contributed by atoms with Gasteiger partial charge in [0.25, 0.3) is 0 Å². The second kappa shape index (κ2) is 5.15. The van der Waals surface area contributed by atoms with E-state index < -0.39 is 50.9 Å². The van der Waals surface area contributed by atoms with Gasteiger partial charge < -0.3 is 9.79 Å². The first kappa shape index (κ1) is 17.7. The van der Waals surface area contributed by atoms with Gasteiger partial charge in [-0.2, -0.15) is 26.3 Å². The quantitative estimate of drug-likeness (QED) is 0.617. The maximum absolute atomic E-state index is 12.6. The summed E-state index contributed by atoms with van der Waals surface area (Å²) in [6, 6.07) is 0. The van der Waals surface area contributed by atoms with E-state index in [1.807, 2.05) is 0 Å². The average Bonchev–Trinajstić information content (AvgIpc) is 2.35. The molecule has 0 radical (unpaired) electrons. The van der Waals surface area contributed by atoms with Crippen molar-refractivity contribution in [2.45, 2.75) is 44.1 Å². The van der Waals surface area contributed by atoms with Gasteiger partial charge >= 0.3 is 20.1 Å². The first-order chi connectivity index (χ1) is 8.65. The van der Waals surface area contributed by atoms with Crippen LogP contribution in [0.4, 0.5) is 26.3 Å². The fourth-order valence-electron chi connectivity index (χ4n) is 2.73. The Labute approximate surface area is 111 Å². The van der Waals surface area contributed by atoms with Crippen molar-refractivity contribution in [1.29, 1.82) is 0 Å². The molecule has 1 heterocycles. The van der Waals surface area contributed by atoms with Crippen LogP contribution in [0.5, 0.6) is 0 Å². The highest BCUT2D eigenvalue weighted by atomic mass is 31.2. The third-order valence-corrected chi connectivity index (χ3v) is 4.80. The number of hydrogen-bond acceptors (Lipinski definition) is 1. The van der Waals surface area contributed by atoms with Gasteiger partial charge in [0.2, 0.25) is 0 Å². The van der Waals surface area contributed by atoms with Crippen LogP contribution in [0.15, 0.2) is 0 Å². The second-order valence-electron chi connectivity index (χ2n) is 5.09. The lowest BCUT2D eigenvalue weighted by Gasteiger charge is -2.40. The van der Waals surface area contributed by atoms with Gasteiger partial charge in [0.05, 0.1) is 6.42 Å². The Bertz CT molecular complexity index is 405. The van der Waals surface area contributed by atoms with Gasteiger partial charge in [-0.1, -0.05) is 0 Å². The predicted molar refractivity (Wildman–Crippen MR) is 56.6 cm³/mol. The molecular formula is C9H14F6NO3P. The van der Waals surface area contributed by atoms with Crippen molar-refractivity contribution in [1.82, 2.24) is 4.67 Å². The van der Waals surface area contributed by atoms with Crippen molar-refractivity contribution >= 4 is 7.75 Å². The van der Waals surface area contributed by atoms with E-state index in [1.165, 1.54) is 0 Å². The summed E-state index contributed by atoms with van der Waals surface area (Å²) in [6.45, 7) is 0.320. The molecule has 0 spiro atoms. The molecule has 0 aromatic heterocycles. The smallest absolute Gasteiger partial charge is 0.312 e. The number of nitrogens with zero attached hydrogens (tertiary/aromatic N) is 1. The summed E-state index contributed by atoms with van der Waals surface area (Å²) >= 11 is 0. The SMILES string of the molecule is CC1(CC(F)(F)F)C(CC(F)(F)F)CCN1P(=O)(O)O. The van der Waals surface area contributed by atoms with Crippen LogP contribution < -0.4 is 0 Å². The lowest BCUT2D eigenvalue weighted by molar-refractivity contribution is -0.175. The van der Waals surface area contributed by atoms with Crippen LogP contribution in [0.3, 0.4) is 0 Å². The molecule has 1 saturated heterocycles. The van der Waals surface area contributed by atoms with Crippen LogP contribution in [0.25, 0.3) is 0 Å². The zero-order chi connectivity index (χ0) is 16.0. The number of halogens is 6. The molecule has 120 valence electrons. The van der Waals surface area contributed by atoms with E-state index in [1.54, 1.807) is 0 Å². The van der Waals surface area contributed by atoms with E-state index in [2.05, 4.69) is 0 Å². The molecule has 0 amide bonds. The molecule has 1 aliphatic rings. The molecule has 0 aromatic carbocycles. The predicted octanol–water partition coefficient (Wildman–Crippen LogP) is 3.06. The van der Waals surface area contributed by atoms with Crippen molar-refractivity contribution in [3.63, 3.8) is 0 Å². The molecule has 4 nitrogen and oxygen atoms in total. The third kappa shape index (κ3) is 4.34.